The van der Waals surface area contributed by atoms with Crippen molar-refractivity contribution in [2.75, 3.05) is 40.8 Å². The molecule has 0 spiro atoms. The number of hydrogen-bond donors (Lipinski definition) is 1. The summed E-state index contributed by atoms with van der Waals surface area (Å²) >= 11 is 0. The molecule has 0 saturated carbocycles. The predicted octanol–water partition coefficient (Wildman–Crippen LogP) is 1.24. The van der Waals surface area contributed by atoms with Crippen molar-refractivity contribution in [3.8, 4) is 0 Å². The third-order valence-electron chi connectivity index (χ3n) is 4.11. The van der Waals surface area contributed by atoms with Crippen molar-refractivity contribution in [3.63, 3.8) is 0 Å². The van der Waals surface area contributed by atoms with E-state index >= 15 is 0 Å². The number of nitrogens with one attached hydrogen (secondary N) is 1. The summed E-state index contributed by atoms with van der Waals surface area (Å²) in [6.07, 6.45) is 3.95. The number of rotatable bonds is 9. The molecule has 7 nitrogen and oxygen atoms in total. The fourth-order valence-corrected chi connectivity index (χ4v) is 3.65. The topological polar surface area (TPSA) is 82.6 Å². The monoisotopic (exact) mass is 390 g/mol. The third-order valence-corrected chi connectivity index (χ3v) is 5.97. The highest BCUT2D eigenvalue weighted by molar-refractivity contribution is 7.89. The van der Waals surface area contributed by atoms with Gasteiger partial charge in [0.2, 0.25) is 10.0 Å². The molecular weight excluding hydrogens is 364 g/mol. The molecule has 0 aliphatic carbocycles. The van der Waals surface area contributed by atoms with Crippen LogP contribution in [0.4, 0.5) is 0 Å². The maximum atomic E-state index is 12.8. The van der Waals surface area contributed by atoms with Crippen molar-refractivity contribution >= 4 is 15.9 Å². The Hall–Kier alpha value is -2.29. The molecule has 2 aromatic rings. The van der Waals surface area contributed by atoms with Crippen LogP contribution in [0.3, 0.4) is 0 Å². The van der Waals surface area contributed by atoms with Gasteiger partial charge in [0.05, 0.1) is 4.90 Å². The van der Waals surface area contributed by atoms with Crippen LogP contribution in [0.5, 0.6) is 0 Å². The van der Waals surface area contributed by atoms with E-state index in [-0.39, 0.29) is 10.8 Å². The molecule has 0 aliphatic heterocycles. The van der Waals surface area contributed by atoms with Gasteiger partial charge in [-0.15, -0.1) is 0 Å². The van der Waals surface area contributed by atoms with Gasteiger partial charge in [0, 0.05) is 44.6 Å². The molecule has 8 heteroatoms. The van der Waals surface area contributed by atoms with E-state index in [1.807, 2.05) is 31.1 Å². The number of carbonyl (C=O) groups is 1. The van der Waals surface area contributed by atoms with Crippen LogP contribution in [0.1, 0.15) is 15.9 Å². The van der Waals surface area contributed by atoms with Gasteiger partial charge in [0.25, 0.3) is 5.91 Å². The van der Waals surface area contributed by atoms with Crippen molar-refractivity contribution in [2.45, 2.75) is 11.3 Å². The van der Waals surface area contributed by atoms with Gasteiger partial charge in [-0.1, -0.05) is 6.07 Å². The van der Waals surface area contributed by atoms with Crippen LogP contribution < -0.4 is 5.32 Å². The first-order chi connectivity index (χ1) is 12.8. The molecule has 0 radical (unpaired) electrons. The Kier molecular flexibility index (Phi) is 7.46. The average molecular weight is 391 g/mol. The van der Waals surface area contributed by atoms with Gasteiger partial charge in [-0.3, -0.25) is 9.78 Å². The number of nitrogens with zero attached hydrogens (tertiary/aromatic N) is 3. The van der Waals surface area contributed by atoms with Crippen LogP contribution in [0.2, 0.25) is 0 Å². The molecule has 1 amide bonds. The predicted molar refractivity (Wildman–Crippen MR) is 105 cm³/mol. The smallest absolute Gasteiger partial charge is 0.251 e. The van der Waals surface area contributed by atoms with Crippen LogP contribution in [0.15, 0.2) is 53.7 Å². The summed E-state index contributed by atoms with van der Waals surface area (Å²) in [6.45, 7) is 1.54. The SMILES string of the molecule is CN(C)CCNC(=O)c1cccc(S(=O)(=O)N(C)CCc2ccncc2)c1. The molecule has 1 aromatic carbocycles. The number of aromatic nitrogens is 1. The average Bonchev–Trinajstić information content (AvgIpc) is 2.66. The maximum Gasteiger partial charge on any atom is 0.251 e. The lowest BCUT2D eigenvalue weighted by molar-refractivity contribution is 0.0951. The molecule has 0 saturated heterocycles. The second-order valence-corrected chi connectivity index (χ2v) is 8.56. The summed E-state index contributed by atoms with van der Waals surface area (Å²) in [5, 5.41) is 2.79. The van der Waals surface area contributed by atoms with E-state index in [2.05, 4.69) is 10.3 Å². The van der Waals surface area contributed by atoms with Crippen LogP contribution in [-0.4, -0.2) is 69.3 Å². The summed E-state index contributed by atoms with van der Waals surface area (Å²) in [5.41, 5.74) is 1.35. The molecule has 0 aliphatic rings. The number of sulfonamides is 1. The zero-order chi connectivity index (χ0) is 19.9. The number of pyridine rings is 1. The van der Waals surface area contributed by atoms with Gasteiger partial charge in [-0.05, 0) is 56.4 Å². The molecule has 0 fully saturated rings. The largest absolute Gasteiger partial charge is 0.351 e. The molecule has 2 rings (SSSR count). The zero-order valence-electron chi connectivity index (χ0n) is 15.9. The molecule has 1 N–H and O–H groups in total. The highest BCUT2D eigenvalue weighted by atomic mass is 32.2. The minimum absolute atomic E-state index is 0.111. The first-order valence-electron chi connectivity index (χ1n) is 8.69. The quantitative estimate of drug-likeness (QED) is 0.697. The Balaban J connectivity index is 2.05. The van der Waals surface area contributed by atoms with Crippen molar-refractivity contribution < 1.29 is 13.2 Å². The molecule has 0 unspecified atom stereocenters. The summed E-state index contributed by atoms with van der Waals surface area (Å²) in [5.74, 6) is -0.284. The van der Waals surface area contributed by atoms with Gasteiger partial charge < -0.3 is 10.2 Å². The Bertz CT molecular complexity index is 854. The molecular formula is C19H26N4O3S. The highest BCUT2D eigenvalue weighted by Crippen LogP contribution is 2.16. The lowest BCUT2D eigenvalue weighted by Gasteiger charge is -2.18. The van der Waals surface area contributed by atoms with Crippen molar-refractivity contribution in [1.82, 2.24) is 19.5 Å². The number of amides is 1. The number of benzene rings is 1. The van der Waals surface area contributed by atoms with Crippen LogP contribution >= 0.6 is 0 Å². The Morgan fingerprint density at radius 3 is 2.44 bits per heavy atom. The van der Waals surface area contributed by atoms with Gasteiger partial charge in [0.15, 0.2) is 0 Å². The highest BCUT2D eigenvalue weighted by Gasteiger charge is 2.21. The number of hydrogen-bond acceptors (Lipinski definition) is 5. The van der Waals surface area contributed by atoms with E-state index in [9.17, 15) is 13.2 Å². The number of carbonyl (C=O) groups excluding carboxylic acids is 1. The summed E-state index contributed by atoms with van der Waals surface area (Å²) in [4.78, 5) is 18.3. The second kappa shape index (κ2) is 9.59. The van der Waals surface area contributed by atoms with E-state index in [0.29, 0.717) is 31.6 Å². The lowest BCUT2D eigenvalue weighted by Crippen LogP contribution is -2.32. The zero-order valence-corrected chi connectivity index (χ0v) is 16.7. The Morgan fingerprint density at radius 1 is 1.07 bits per heavy atom. The van der Waals surface area contributed by atoms with Gasteiger partial charge in [-0.2, -0.15) is 0 Å². The summed E-state index contributed by atoms with van der Waals surface area (Å²) in [7, 11) is 1.71. The lowest BCUT2D eigenvalue weighted by atomic mass is 10.2. The van der Waals surface area contributed by atoms with Crippen LogP contribution in [0.25, 0.3) is 0 Å². The van der Waals surface area contributed by atoms with Gasteiger partial charge in [-0.25, -0.2) is 12.7 Å². The van der Waals surface area contributed by atoms with E-state index < -0.39 is 10.0 Å². The van der Waals surface area contributed by atoms with E-state index in [1.54, 1.807) is 31.6 Å². The minimum Gasteiger partial charge on any atom is -0.351 e. The van der Waals surface area contributed by atoms with Crippen LogP contribution in [-0.2, 0) is 16.4 Å². The molecule has 0 bridgehead atoms. The first-order valence-corrected chi connectivity index (χ1v) is 10.1. The molecule has 1 aromatic heterocycles. The van der Waals surface area contributed by atoms with Crippen molar-refractivity contribution in [2.24, 2.45) is 0 Å². The van der Waals surface area contributed by atoms with Gasteiger partial charge >= 0.3 is 0 Å². The first kappa shape index (κ1) is 21.0. The molecule has 0 atom stereocenters. The summed E-state index contributed by atoms with van der Waals surface area (Å²) < 4.78 is 26.9. The minimum atomic E-state index is -3.67. The normalized spacial score (nSPS) is 11.7. The fourth-order valence-electron chi connectivity index (χ4n) is 2.43. The van der Waals surface area contributed by atoms with Crippen molar-refractivity contribution in [3.05, 3.63) is 59.9 Å². The van der Waals surface area contributed by atoms with E-state index in [1.165, 1.54) is 16.4 Å². The molecule has 146 valence electrons. The Morgan fingerprint density at radius 2 is 1.78 bits per heavy atom. The van der Waals surface area contributed by atoms with E-state index in [0.717, 1.165) is 5.56 Å². The fraction of sp³-hybridized carbons (Fsp3) is 0.368. The third kappa shape index (κ3) is 6.13. The standard InChI is InChI=1S/C19H26N4O3S/c1-22(2)14-12-21-19(24)17-5-4-6-18(15-17)27(25,26)23(3)13-9-16-7-10-20-11-8-16/h4-8,10-11,15H,9,12-14H2,1-3H3,(H,21,24). The molecule has 27 heavy (non-hydrogen) atoms. The van der Waals surface area contributed by atoms with Crippen LogP contribution in [0, 0.1) is 0 Å². The Labute approximate surface area is 161 Å². The van der Waals surface area contributed by atoms with E-state index in [4.69, 9.17) is 0 Å². The second-order valence-electron chi connectivity index (χ2n) is 6.52. The molecule has 1 heterocycles. The van der Waals surface area contributed by atoms with Crippen molar-refractivity contribution in [1.29, 1.82) is 0 Å². The maximum absolute atomic E-state index is 12.8. The summed E-state index contributed by atoms with van der Waals surface area (Å²) in [6, 6.07) is 9.85. The van der Waals surface area contributed by atoms with Gasteiger partial charge in [0.1, 0.15) is 0 Å². The number of likely N-dealkylation sites (N-methyl/N-ethyl adjacent to an activating group) is 2.